The van der Waals surface area contributed by atoms with Crippen LogP contribution >= 0.6 is 0 Å². The summed E-state index contributed by atoms with van der Waals surface area (Å²) in [4.78, 5) is 11.6. The number of benzene rings is 2. The first-order chi connectivity index (χ1) is 10.7. The molecule has 4 N–H and O–H groups in total. The summed E-state index contributed by atoms with van der Waals surface area (Å²) in [5.41, 5.74) is 14.9. The standard InChI is InChI=1S/C17H20N2O3/c18-9-13-1-5-15(6-2-13)11-21-17(20)22-12-16-7-3-14(10-19)4-8-16/h1-8H,9-12,18-19H2. The molecule has 5 heteroatoms. The Bertz CT molecular complexity index is 541. The van der Waals surface area contributed by atoms with Gasteiger partial charge in [0.05, 0.1) is 0 Å². The maximum Gasteiger partial charge on any atom is 0.508 e. The molecule has 0 aromatic heterocycles. The van der Waals surface area contributed by atoms with E-state index in [-0.39, 0.29) is 13.2 Å². The molecule has 0 unspecified atom stereocenters. The van der Waals surface area contributed by atoms with Crippen molar-refractivity contribution in [2.75, 3.05) is 0 Å². The number of nitrogens with two attached hydrogens (primary N) is 2. The number of ether oxygens (including phenoxy) is 2. The maximum absolute atomic E-state index is 11.6. The Morgan fingerprint density at radius 1 is 0.682 bits per heavy atom. The van der Waals surface area contributed by atoms with Crippen molar-refractivity contribution in [2.24, 2.45) is 11.5 Å². The van der Waals surface area contributed by atoms with E-state index in [1.807, 2.05) is 48.5 Å². The molecule has 0 saturated heterocycles. The van der Waals surface area contributed by atoms with Crippen LogP contribution in [-0.2, 0) is 35.8 Å². The van der Waals surface area contributed by atoms with Gasteiger partial charge in [0.1, 0.15) is 13.2 Å². The molecule has 0 aliphatic heterocycles. The fourth-order valence-electron chi connectivity index (χ4n) is 1.87. The molecule has 0 bridgehead atoms. The molecule has 0 spiro atoms. The highest BCUT2D eigenvalue weighted by Gasteiger charge is 2.05. The maximum atomic E-state index is 11.6. The molecule has 5 nitrogen and oxygen atoms in total. The van der Waals surface area contributed by atoms with Crippen LogP contribution in [0, 0.1) is 0 Å². The number of hydrogen-bond donors (Lipinski definition) is 2. The van der Waals surface area contributed by atoms with Crippen LogP contribution in [0.1, 0.15) is 22.3 Å². The Morgan fingerprint density at radius 2 is 1.00 bits per heavy atom. The van der Waals surface area contributed by atoms with Gasteiger partial charge in [-0.15, -0.1) is 0 Å². The zero-order valence-electron chi connectivity index (χ0n) is 12.3. The lowest BCUT2D eigenvalue weighted by atomic mass is 10.1. The lowest BCUT2D eigenvalue weighted by molar-refractivity contribution is 0.0446. The second kappa shape index (κ2) is 8.17. The average molecular weight is 300 g/mol. The number of carbonyl (C=O) groups excluding carboxylic acids is 1. The molecule has 0 fully saturated rings. The smallest absolute Gasteiger partial charge is 0.429 e. The van der Waals surface area contributed by atoms with Crippen LogP contribution in [0.25, 0.3) is 0 Å². The first-order valence-electron chi connectivity index (χ1n) is 7.06. The van der Waals surface area contributed by atoms with Crippen LogP contribution in [0.2, 0.25) is 0 Å². The molecule has 22 heavy (non-hydrogen) atoms. The highest BCUT2D eigenvalue weighted by atomic mass is 16.7. The fourth-order valence-corrected chi connectivity index (χ4v) is 1.87. The fraction of sp³-hybridized carbons (Fsp3) is 0.235. The van der Waals surface area contributed by atoms with E-state index in [0.717, 1.165) is 22.3 Å². The second-order valence-corrected chi connectivity index (χ2v) is 4.87. The summed E-state index contributed by atoms with van der Waals surface area (Å²) in [6.45, 7) is 1.34. The molecule has 0 heterocycles. The van der Waals surface area contributed by atoms with E-state index in [2.05, 4.69) is 0 Å². The number of carbonyl (C=O) groups is 1. The topological polar surface area (TPSA) is 87.6 Å². The molecule has 0 amide bonds. The summed E-state index contributed by atoms with van der Waals surface area (Å²) in [6.07, 6.45) is -0.689. The predicted molar refractivity (Wildman–Crippen MR) is 83.6 cm³/mol. The van der Waals surface area contributed by atoms with E-state index < -0.39 is 6.16 Å². The molecular formula is C17H20N2O3. The van der Waals surface area contributed by atoms with E-state index in [9.17, 15) is 4.79 Å². The molecule has 0 aliphatic carbocycles. The molecule has 116 valence electrons. The first kappa shape index (κ1) is 16.0. The Labute approximate surface area is 129 Å². The van der Waals surface area contributed by atoms with Crippen molar-refractivity contribution in [3.05, 3.63) is 70.8 Å². The molecule has 2 aromatic rings. The Morgan fingerprint density at radius 3 is 1.32 bits per heavy atom. The quantitative estimate of drug-likeness (QED) is 0.800. The predicted octanol–water partition coefficient (Wildman–Crippen LogP) is 2.46. The average Bonchev–Trinajstić information content (AvgIpc) is 2.59. The molecule has 0 aliphatic rings. The third-order valence-corrected chi connectivity index (χ3v) is 3.23. The highest BCUT2D eigenvalue weighted by molar-refractivity contribution is 5.60. The monoisotopic (exact) mass is 300 g/mol. The molecule has 0 saturated carbocycles. The Kier molecular flexibility index (Phi) is 5.94. The van der Waals surface area contributed by atoms with Crippen molar-refractivity contribution in [3.8, 4) is 0 Å². The van der Waals surface area contributed by atoms with Gasteiger partial charge in [0.2, 0.25) is 0 Å². The normalized spacial score (nSPS) is 10.3. The lowest BCUT2D eigenvalue weighted by Gasteiger charge is -2.07. The van der Waals surface area contributed by atoms with Crippen LogP contribution in [0.5, 0.6) is 0 Å². The summed E-state index contributed by atoms with van der Waals surface area (Å²) in [6, 6.07) is 15.1. The van der Waals surface area contributed by atoms with Gasteiger partial charge in [-0.05, 0) is 22.3 Å². The second-order valence-electron chi connectivity index (χ2n) is 4.87. The van der Waals surface area contributed by atoms with E-state index >= 15 is 0 Å². The Balaban J connectivity index is 1.74. The Hall–Kier alpha value is -2.37. The van der Waals surface area contributed by atoms with E-state index in [4.69, 9.17) is 20.9 Å². The van der Waals surface area contributed by atoms with Gasteiger partial charge in [0.15, 0.2) is 0 Å². The van der Waals surface area contributed by atoms with Gasteiger partial charge in [0, 0.05) is 13.1 Å². The molecule has 2 aromatic carbocycles. The minimum absolute atomic E-state index is 0.176. The van der Waals surface area contributed by atoms with Crippen LogP contribution in [-0.4, -0.2) is 6.16 Å². The van der Waals surface area contributed by atoms with E-state index in [1.54, 1.807) is 0 Å². The third-order valence-electron chi connectivity index (χ3n) is 3.23. The van der Waals surface area contributed by atoms with Gasteiger partial charge in [0.25, 0.3) is 0 Å². The minimum atomic E-state index is -0.689. The summed E-state index contributed by atoms with van der Waals surface area (Å²) in [5, 5.41) is 0. The van der Waals surface area contributed by atoms with Gasteiger partial charge < -0.3 is 20.9 Å². The van der Waals surface area contributed by atoms with Gasteiger partial charge in [-0.25, -0.2) is 4.79 Å². The SMILES string of the molecule is NCc1ccc(COC(=O)OCc2ccc(CN)cc2)cc1. The van der Waals surface area contributed by atoms with Gasteiger partial charge in [-0.3, -0.25) is 0 Å². The zero-order valence-corrected chi connectivity index (χ0v) is 12.3. The lowest BCUT2D eigenvalue weighted by Crippen LogP contribution is -2.07. The van der Waals surface area contributed by atoms with Crippen LogP contribution in [0.4, 0.5) is 4.79 Å². The van der Waals surface area contributed by atoms with Crippen molar-refractivity contribution in [1.82, 2.24) is 0 Å². The van der Waals surface area contributed by atoms with Crippen molar-refractivity contribution >= 4 is 6.16 Å². The zero-order chi connectivity index (χ0) is 15.8. The minimum Gasteiger partial charge on any atom is -0.429 e. The third kappa shape index (κ3) is 4.87. The molecule has 0 atom stereocenters. The number of hydrogen-bond acceptors (Lipinski definition) is 5. The van der Waals surface area contributed by atoms with E-state index in [1.165, 1.54) is 0 Å². The summed E-state index contributed by atoms with van der Waals surface area (Å²) in [5.74, 6) is 0. The van der Waals surface area contributed by atoms with Gasteiger partial charge >= 0.3 is 6.16 Å². The van der Waals surface area contributed by atoms with E-state index in [0.29, 0.717) is 13.1 Å². The molecule has 2 rings (SSSR count). The van der Waals surface area contributed by atoms with Crippen LogP contribution in [0.3, 0.4) is 0 Å². The van der Waals surface area contributed by atoms with Crippen molar-refractivity contribution in [2.45, 2.75) is 26.3 Å². The number of rotatable bonds is 6. The summed E-state index contributed by atoms with van der Waals surface area (Å²) >= 11 is 0. The van der Waals surface area contributed by atoms with Crippen LogP contribution in [0.15, 0.2) is 48.5 Å². The van der Waals surface area contributed by atoms with Crippen LogP contribution < -0.4 is 11.5 Å². The largest absolute Gasteiger partial charge is 0.508 e. The summed E-state index contributed by atoms with van der Waals surface area (Å²) < 4.78 is 10.1. The molecule has 0 radical (unpaired) electrons. The first-order valence-corrected chi connectivity index (χ1v) is 7.06. The summed E-state index contributed by atoms with van der Waals surface area (Å²) in [7, 11) is 0. The highest BCUT2D eigenvalue weighted by Crippen LogP contribution is 2.08. The van der Waals surface area contributed by atoms with Crippen molar-refractivity contribution in [3.63, 3.8) is 0 Å². The van der Waals surface area contributed by atoms with Crippen molar-refractivity contribution in [1.29, 1.82) is 0 Å². The van der Waals surface area contributed by atoms with Gasteiger partial charge in [-0.2, -0.15) is 0 Å². The van der Waals surface area contributed by atoms with Crippen molar-refractivity contribution < 1.29 is 14.3 Å². The van der Waals surface area contributed by atoms with Gasteiger partial charge in [-0.1, -0.05) is 48.5 Å². The molecular weight excluding hydrogens is 280 g/mol.